The van der Waals surface area contributed by atoms with Crippen LogP contribution < -0.4 is 5.32 Å². The summed E-state index contributed by atoms with van der Waals surface area (Å²) in [5.74, 6) is 0.848. The molecule has 3 rings (SSSR count). The molecule has 26 heavy (non-hydrogen) atoms. The second-order valence-electron chi connectivity index (χ2n) is 7.72. The van der Waals surface area contributed by atoms with Crippen LogP contribution in [0.4, 0.5) is 10.5 Å². The van der Waals surface area contributed by atoms with E-state index in [1.807, 2.05) is 17.9 Å². The molecule has 140 valence electrons. The minimum Gasteiger partial charge on any atom is -0.323 e. The highest BCUT2D eigenvalue weighted by Crippen LogP contribution is 2.25. The maximum absolute atomic E-state index is 12.7. The molecule has 0 unspecified atom stereocenters. The minimum atomic E-state index is -0.0530. The number of benzene rings is 1. The first-order chi connectivity index (χ1) is 12.7. The van der Waals surface area contributed by atoms with Gasteiger partial charge in [-0.1, -0.05) is 25.3 Å². The normalized spacial score (nSPS) is 19.6. The molecule has 1 aliphatic heterocycles. The van der Waals surface area contributed by atoms with E-state index in [1.54, 1.807) is 12.1 Å². The van der Waals surface area contributed by atoms with E-state index in [4.69, 9.17) is 5.26 Å². The van der Waals surface area contributed by atoms with Gasteiger partial charge in [-0.2, -0.15) is 5.26 Å². The number of nitrogens with zero attached hydrogens (tertiary/aromatic N) is 3. The third-order valence-corrected chi connectivity index (χ3v) is 5.73. The number of aryl methyl sites for hydroxylation is 1. The number of nitriles is 1. The lowest BCUT2D eigenvalue weighted by Crippen LogP contribution is -2.39. The zero-order valence-electron chi connectivity index (χ0n) is 15.8. The monoisotopic (exact) mass is 354 g/mol. The second kappa shape index (κ2) is 9.05. The van der Waals surface area contributed by atoms with Crippen LogP contribution in [0.15, 0.2) is 18.2 Å². The highest BCUT2D eigenvalue weighted by molar-refractivity contribution is 5.90. The van der Waals surface area contributed by atoms with Gasteiger partial charge in [-0.05, 0) is 56.3 Å². The Morgan fingerprint density at radius 1 is 1.15 bits per heavy atom. The Kier molecular flexibility index (Phi) is 6.51. The van der Waals surface area contributed by atoms with Crippen molar-refractivity contribution in [3.8, 4) is 6.07 Å². The van der Waals surface area contributed by atoms with Crippen LogP contribution in [-0.4, -0.2) is 48.6 Å². The van der Waals surface area contributed by atoms with Gasteiger partial charge in [-0.3, -0.25) is 0 Å². The maximum atomic E-state index is 12.7. The Balaban J connectivity index is 1.53. The summed E-state index contributed by atoms with van der Waals surface area (Å²) >= 11 is 0. The lowest BCUT2D eigenvalue weighted by atomic mass is 9.89. The van der Waals surface area contributed by atoms with Crippen molar-refractivity contribution in [3.05, 3.63) is 29.3 Å². The highest BCUT2D eigenvalue weighted by atomic mass is 16.2. The van der Waals surface area contributed by atoms with Gasteiger partial charge in [-0.15, -0.1) is 0 Å². The first kappa shape index (κ1) is 18.7. The van der Waals surface area contributed by atoms with E-state index in [9.17, 15) is 4.79 Å². The number of nitrogens with one attached hydrogen (secondary N) is 1. The fraction of sp³-hybridized carbons (Fsp3) is 0.619. The highest BCUT2D eigenvalue weighted by Gasteiger charge is 2.22. The van der Waals surface area contributed by atoms with Gasteiger partial charge in [0.25, 0.3) is 0 Å². The zero-order valence-corrected chi connectivity index (χ0v) is 15.8. The number of hydrogen-bond donors (Lipinski definition) is 1. The average Bonchev–Trinajstić information content (AvgIpc) is 2.90. The smallest absolute Gasteiger partial charge is 0.321 e. The summed E-state index contributed by atoms with van der Waals surface area (Å²) in [6.45, 7) is 6.76. The lowest BCUT2D eigenvalue weighted by Gasteiger charge is -2.28. The van der Waals surface area contributed by atoms with E-state index in [1.165, 1.54) is 38.6 Å². The molecule has 0 bridgehead atoms. The van der Waals surface area contributed by atoms with E-state index >= 15 is 0 Å². The van der Waals surface area contributed by atoms with Crippen LogP contribution in [0.3, 0.4) is 0 Å². The number of carbonyl (C=O) groups is 1. The predicted molar refractivity (Wildman–Crippen MR) is 104 cm³/mol. The number of anilines is 1. The molecule has 5 nitrogen and oxygen atoms in total. The molecule has 0 radical (unpaired) electrons. The van der Waals surface area contributed by atoms with Crippen molar-refractivity contribution in [3.63, 3.8) is 0 Å². The van der Waals surface area contributed by atoms with Crippen LogP contribution >= 0.6 is 0 Å². The van der Waals surface area contributed by atoms with Crippen LogP contribution in [0, 0.1) is 24.2 Å². The molecule has 1 N–H and O–H groups in total. The van der Waals surface area contributed by atoms with Gasteiger partial charge in [0.2, 0.25) is 0 Å². The van der Waals surface area contributed by atoms with Gasteiger partial charge >= 0.3 is 6.03 Å². The van der Waals surface area contributed by atoms with Crippen molar-refractivity contribution < 1.29 is 4.79 Å². The fourth-order valence-corrected chi connectivity index (χ4v) is 4.11. The third-order valence-electron chi connectivity index (χ3n) is 5.73. The van der Waals surface area contributed by atoms with Crippen molar-refractivity contribution in [2.75, 3.05) is 38.0 Å². The Morgan fingerprint density at radius 3 is 2.73 bits per heavy atom. The first-order valence-corrected chi connectivity index (χ1v) is 9.95. The summed E-state index contributed by atoms with van der Waals surface area (Å²) < 4.78 is 0. The van der Waals surface area contributed by atoms with Crippen molar-refractivity contribution >= 4 is 11.7 Å². The molecule has 2 aliphatic rings. The quantitative estimate of drug-likeness (QED) is 0.893. The Morgan fingerprint density at radius 2 is 1.96 bits per heavy atom. The lowest BCUT2D eigenvalue weighted by molar-refractivity contribution is 0.197. The molecule has 1 aliphatic carbocycles. The third kappa shape index (κ3) is 4.98. The summed E-state index contributed by atoms with van der Waals surface area (Å²) in [7, 11) is 0. The molecule has 2 fully saturated rings. The first-order valence-electron chi connectivity index (χ1n) is 9.95. The van der Waals surface area contributed by atoms with E-state index in [2.05, 4.69) is 16.3 Å². The van der Waals surface area contributed by atoms with Gasteiger partial charge in [0.1, 0.15) is 0 Å². The van der Waals surface area contributed by atoms with Gasteiger partial charge in [0.05, 0.1) is 11.6 Å². The minimum absolute atomic E-state index is 0.0530. The topological polar surface area (TPSA) is 59.4 Å². The molecule has 0 spiro atoms. The van der Waals surface area contributed by atoms with Gasteiger partial charge in [0.15, 0.2) is 0 Å². The molecular formula is C21H30N4O. The molecule has 1 saturated heterocycles. The second-order valence-corrected chi connectivity index (χ2v) is 7.72. The zero-order chi connectivity index (χ0) is 18.4. The van der Waals surface area contributed by atoms with E-state index in [0.717, 1.165) is 49.8 Å². The molecule has 0 aromatic heterocycles. The summed E-state index contributed by atoms with van der Waals surface area (Å²) in [6, 6.07) is 7.48. The van der Waals surface area contributed by atoms with Crippen molar-refractivity contribution in [2.24, 2.45) is 5.92 Å². The summed E-state index contributed by atoms with van der Waals surface area (Å²) in [5.41, 5.74) is 2.28. The van der Waals surface area contributed by atoms with E-state index in [-0.39, 0.29) is 6.03 Å². The molecule has 1 saturated carbocycles. The molecule has 2 amide bonds. The van der Waals surface area contributed by atoms with E-state index < -0.39 is 0 Å². The number of hydrogen-bond acceptors (Lipinski definition) is 3. The van der Waals surface area contributed by atoms with Crippen LogP contribution in [0.2, 0.25) is 0 Å². The van der Waals surface area contributed by atoms with Crippen molar-refractivity contribution in [1.29, 1.82) is 5.26 Å². The molecule has 1 aromatic rings. The van der Waals surface area contributed by atoms with Gasteiger partial charge in [0, 0.05) is 31.9 Å². The Hall–Kier alpha value is -2.06. The number of urea groups is 1. The SMILES string of the molecule is Cc1ccc(C#N)cc1NC(=O)N1CCCN(CC2CCCCC2)CC1. The van der Waals surface area contributed by atoms with Gasteiger partial charge in [-0.25, -0.2) is 4.79 Å². The maximum Gasteiger partial charge on any atom is 0.321 e. The van der Waals surface area contributed by atoms with Crippen LogP contribution in [0.1, 0.15) is 49.7 Å². The van der Waals surface area contributed by atoms with Crippen molar-refractivity contribution in [2.45, 2.75) is 45.4 Å². The van der Waals surface area contributed by atoms with Gasteiger partial charge < -0.3 is 15.1 Å². The number of carbonyl (C=O) groups excluding carboxylic acids is 1. The molecular weight excluding hydrogens is 324 g/mol. The number of rotatable bonds is 3. The molecule has 0 atom stereocenters. The summed E-state index contributed by atoms with van der Waals surface area (Å²) in [6.07, 6.45) is 7.93. The Labute approximate surface area is 157 Å². The van der Waals surface area contributed by atoms with Crippen molar-refractivity contribution in [1.82, 2.24) is 9.80 Å². The molecule has 5 heteroatoms. The molecule has 1 heterocycles. The summed E-state index contributed by atoms with van der Waals surface area (Å²) in [4.78, 5) is 17.1. The Bertz CT molecular complexity index is 660. The summed E-state index contributed by atoms with van der Waals surface area (Å²) in [5, 5.41) is 12.1. The largest absolute Gasteiger partial charge is 0.323 e. The van der Waals surface area contributed by atoms with E-state index in [0.29, 0.717) is 5.56 Å². The number of amides is 2. The van der Waals surface area contributed by atoms with Crippen LogP contribution in [0.25, 0.3) is 0 Å². The average molecular weight is 354 g/mol. The molecule has 1 aromatic carbocycles. The van der Waals surface area contributed by atoms with Crippen LogP contribution in [-0.2, 0) is 0 Å². The fourth-order valence-electron chi connectivity index (χ4n) is 4.11. The van der Waals surface area contributed by atoms with Crippen LogP contribution in [0.5, 0.6) is 0 Å². The standard InChI is InChI=1S/C21H30N4O/c1-17-8-9-19(15-22)14-20(17)23-21(26)25-11-5-10-24(12-13-25)16-18-6-3-2-4-7-18/h8-9,14,18H,2-7,10-13,16H2,1H3,(H,23,26). The predicted octanol–water partition coefficient (Wildman–Crippen LogP) is 3.99.